The molecule has 0 spiro atoms. The lowest BCUT2D eigenvalue weighted by atomic mass is 10.3. The Morgan fingerprint density at radius 2 is 1.76 bits per heavy atom. The summed E-state index contributed by atoms with van der Waals surface area (Å²) in [7, 11) is 2.30. The summed E-state index contributed by atoms with van der Waals surface area (Å²) in [5.41, 5.74) is 0.534. The number of hydrogen-bond donors (Lipinski definition) is 2. The standard InChI is InChI=1S/C15H17ClN2O6S/c1-23-13(20)7-12(19)18-11(14(21)24-2)8-25-15(22)17-10-5-3-9(16)4-6-10/h3-6,11H,7-8H2,1-2H3,(H,17,22)(H,18,19)/t11-/m0/s1. The molecule has 10 heteroatoms. The first-order valence-electron chi connectivity index (χ1n) is 6.99. The first-order valence-corrected chi connectivity index (χ1v) is 8.35. The Labute approximate surface area is 153 Å². The average molecular weight is 389 g/mol. The quantitative estimate of drug-likeness (QED) is 0.541. The topological polar surface area (TPSA) is 111 Å². The summed E-state index contributed by atoms with van der Waals surface area (Å²) in [5, 5.41) is 5.03. The summed E-state index contributed by atoms with van der Waals surface area (Å²) in [6.45, 7) is 0. The number of benzene rings is 1. The van der Waals surface area contributed by atoms with Crippen molar-refractivity contribution in [2.45, 2.75) is 12.5 Å². The van der Waals surface area contributed by atoms with E-state index in [1.54, 1.807) is 24.3 Å². The highest BCUT2D eigenvalue weighted by molar-refractivity contribution is 8.13. The van der Waals surface area contributed by atoms with Gasteiger partial charge in [0.05, 0.1) is 14.2 Å². The van der Waals surface area contributed by atoms with E-state index in [1.165, 1.54) is 0 Å². The van der Waals surface area contributed by atoms with Gasteiger partial charge < -0.3 is 20.1 Å². The van der Waals surface area contributed by atoms with Gasteiger partial charge in [-0.25, -0.2) is 4.79 Å². The van der Waals surface area contributed by atoms with Gasteiger partial charge in [0.2, 0.25) is 5.91 Å². The summed E-state index contributed by atoms with van der Waals surface area (Å²) in [6, 6.07) is 5.40. The summed E-state index contributed by atoms with van der Waals surface area (Å²) < 4.78 is 8.95. The maximum Gasteiger partial charge on any atom is 0.329 e. The van der Waals surface area contributed by atoms with Crippen LogP contribution in [0.15, 0.2) is 24.3 Å². The molecule has 8 nitrogen and oxygen atoms in total. The van der Waals surface area contributed by atoms with Crippen LogP contribution in [0.5, 0.6) is 0 Å². The number of methoxy groups -OCH3 is 2. The molecule has 2 N–H and O–H groups in total. The van der Waals surface area contributed by atoms with E-state index in [9.17, 15) is 19.2 Å². The Bertz CT molecular complexity index is 637. The minimum absolute atomic E-state index is 0.0704. The Balaban J connectivity index is 2.55. The fraction of sp³-hybridized carbons (Fsp3) is 0.333. The average Bonchev–Trinajstić information content (AvgIpc) is 2.59. The zero-order valence-electron chi connectivity index (χ0n) is 13.5. The van der Waals surface area contributed by atoms with Crippen molar-refractivity contribution in [2.75, 3.05) is 25.3 Å². The van der Waals surface area contributed by atoms with Crippen LogP contribution in [-0.4, -0.2) is 49.1 Å². The second kappa shape index (κ2) is 10.6. The van der Waals surface area contributed by atoms with Gasteiger partial charge >= 0.3 is 11.9 Å². The van der Waals surface area contributed by atoms with Crippen molar-refractivity contribution >= 4 is 52.1 Å². The van der Waals surface area contributed by atoms with Crippen molar-refractivity contribution in [3.8, 4) is 0 Å². The predicted molar refractivity (Wildman–Crippen MR) is 93.5 cm³/mol. The SMILES string of the molecule is COC(=O)CC(=O)N[C@@H](CSC(=O)Nc1ccc(Cl)cc1)C(=O)OC. The normalized spacial score (nSPS) is 11.2. The maximum atomic E-state index is 11.9. The number of esters is 2. The second-order valence-electron chi connectivity index (χ2n) is 4.63. The molecule has 0 aliphatic carbocycles. The number of amides is 2. The van der Waals surface area contributed by atoms with Crippen LogP contribution in [0.4, 0.5) is 10.5 Å². The van der Waals surface area contributed by atoms with E-state index < -0.39 is 35.5 Å². The lowest BCUT2D eigenvalue weighted by Crippen LogP contribution is -2.44. The third kappa shape index (κ3) is 7.90. The van der Waals surface area contributed by atoms with Crippen LogP contribution in [0.1, 0.15) is 6.42 Å². The molecule has 1 rings (SSSR count). The van der Waals surface area contributed by atoms with Gasteiger partial charge in [-0.1, -0.05) is 23.4 Å². The van der Waals surface area contributed by atoms with Crippen LogP contribution in [0.2, 0.25) is 5.02 Å². The van der Waals surface area contributed by atoms with Gasteiger partial charge in [-0.15, -0.1) is 0 Å². The predicted octanol–water partition coefficient (Wildman–Crippen LogP) is 1.83. The van der Waals surface area contributed by atoms with Crippen LogP contribution in [0.25, 0.3) is 0 Å². The Morgan fingerprint density at radius 1 is 1.12 bits per heavy atom. The lowest BCUT2D eigenvalue weighted by molar-refractivity contribution is -0.147. The molecule has 1 aromatic rings. The highest BCUT2D eigenvalue weighted by Crippen LogP contribution is 2.16. The molecule has 0 fully saturated rings. The van der Waals surface area contributed by atoms with E-state index in [4.69, 9.17) is 11.6 Å². The first kappa shape index (κ1) is 20.8. The molecule has 136 valence electrons. The van der Waals surface area contributed by atoms with Gasteiger partial charge in [0, 0.05) is 16.5 Å². The molecule has 0 unspecified atom stereocenters. The molecule has 25 heavy (non-hydrogen) atoms. The number of thioether (sulfide) groups is 1. The van der Waals surface area contributed by atoms with Crippen molar-refractivity contribution < 1.29 is 28.7 Å². The fourth-order valence-corrected chi connectivity index (χ4v) is 2.46. The van der Waals surface area contributed by atoms with Gasteiger partial charge in [-0.2, -0.15) is 0 Å². The molecule has 2 amide bonds. The number of anilines is 1. The van der Waals surface area contributed by atoms with Crippen LogP contribution < -0.4 is 10.6 Å². The Morgan fingerprint density at radius 3 is 2.32 bits per heavy atom. The van der Waals surface area contributed by atoms with Crippen molar-refractivity contribution in [1.29, 1.82) is 0 Å². The second-order valence-corrected chi connectivity index (χ2v) is 6.06. The van der Waals surface area contributed by atoms with Crippen LogP contribution in [-0.2, 0) is 23.9 Å². The molecule has 0 saturated heterocycles. The minimum Gasteiger partial charge on any atom is -0.469 e. The van der Waals surface area contributed by atoms with Gasteiger partial charge in [-0.3, -0.25) is 14.4 Å². The van der Waals surface area contributed by atoms with Crippen molar-refractivity contribution in [1.82, 2.24) is 5.32 Å². The highest BCUT2D eigenvalue weighted by atomic mass is 35.5. The van der Waals surface area contributed by atoms with E-state index in [1.807, 2.05) is 0 Å². The molecule has 0 radical (unpaired) electrons. The van der Waals surface area contributed by atoms with Gasteiger partial charge in [0.1, 0.15) is 12.5 Å². The van der Waals surface area contributed by atoms with E-state index in [0.717, 1.165) is 26.0 Å². The van der Waals surface area contributed by atoms with E-state index in [2.05, 4.69) is 20.1 Å². The minimum atomic E-state index is -1.08. The zero-order chi connectivity index (χ0) is 18.8. The number of halogens is 1. The van der Waals surface area contributed by atoms with Gasteiger partial charge in [0.15, 0.2) is 0 Å². The van der Waals surface area contributed by atoms with Crippen molar-refractivity contribution in [2.24, 2.45) is 0 Å². The van der Waals surface area contributed by atoms with Crippen LogP contribution in [0.3, 0.4) is 0 Å². The van der Waals surface area contributed by atoms with Gasteiger partial charge in [-0.05, 0) is 24.3 Å². The number of ether oxygens (including phenoxy) is 2. The highest BCUT2D eigenvalue weighted by Gasteiger charge is 2.24. The van der Waals surface area contributed by atoms with E-state index in [0.29, 0.717) is 10.7 Å². The molecule has 0 heterocycles. The molecule has 0 aliphatic heterocycles. The molecule has 1 aromatic carbocycles. The first-order chi connectivity index (χ1) is 11.8. The number of nitrogens with one attached hydrogen (secondary N) is 2. The number of rotatable bonds is 7. The molecule has 1 atom stereocenters. The molecular weight excluding hydrogens is 372 g/mol. The smallest absolute Gasteiger partial charge is 0.329 e. The fourth-order valence-electron chi connectivity index (χ4n) is 1.61. The van der Waals surface area contributed by atoms with Crippen molar-refractivity contribution in [3.63, 3.8) is 0 Å². The largest absolute Gasteiger partial charge is 0.469 e. The summed E-state index contributed by atoms with van der Waals surface area (Å²) >= 11 is 6.53. The summed E-state index contributed by atoms with van der Waals surface area (Å²) in [6.07, 6.45) is -0.536. The Kier molecular flexibility index (Phi) is 8.79. The monoisotopic (exact) mass is 388 g/mol. The summed E-state index contributed by atoms with van der Waals surface area (Å²) in [5.74, 6) is -2.25. The number of hydrogen-bond acceptors (Lipinski definition) is 7. The third-order valence-corrected chi connectivity index (χ3v) is 3.94. The number of carbonyl (C=O) groups is 4. The Hall–Kier alpha value is -2.26. The molecule has 0 aliphatic rings. The molecule has 0 bridgehead atoms. The third-order valence-electron chi connectivity index (χ3n) is 2.83. The van der Waals surface area contributed by atoms with Crippen LogP contribution >= 0.6 is 23.4 Å². The lowest BCUT2D eigenvalue weighted by Gasteiger charge is -2.15. The van der Waals surface area contributed by atoms with E-state index >= 15 is 0 Å². The maximum absolute atomic E-state index is 11.9. The summed E-state index contributed by atoms with van der Waals surface area (Å²) in [4.78, 5) is 46.3. The molecule has 0 aromatic heterocycles. The zero-order valence-corrected chi connectivity index (χ0v) is 15.1. The number of carbonyl (C=O) groups excluding carboxylic acids is 4. The van der Waals surface area contributed by atoms with Gasteiger partial charge in [0.25, 0.3) is 5.24 Å². The van der Waals surface area contributed by atoms with E-state index in [-0.39, 0.29) is 5.75 Å². The molecular formula is C15H17ClN2O6S. The molecule has 0 saturated carbocycles. The van der Waals surface area contributed by atoms with Crippen molar-refractivity contribution in [3.05, 3.63) is 29.3 Å². The van der Waals surface area contributed by atoms with Crippen LogP contribution in [0, 0.1) is 0 Å².